The maximum atomic E-state index is 13.3. The second-order valence-electron chi connectivity index (χ2n) is 5.22. The van der Waals surface area contributed by atoms with Gasteiger partial charge in [0.25, 0.3) is 0 Å². The van der Waals surface area contributed by atoms with Crippen molar-refractivity contribution in [1.82, 2.24) is 5.32 Å². The smallest absolute Gasteiger partial charge is 0.194 e. The maximum Gasteiger partial charge on any atom is 0.194 e. The van der Waals surface area contributed by atoms with Crippen LogP contribution in [0.1, 0.15) is 18.4 Å². The Morgan fingerprint density at radius 2 is 1.71 bits per heavy atom. The van der Waals surface area contributed by atoms with Crippen LogP contribution in [0.15, 0.2) is 30.3 Å². The van der Waals surface area contributed by atoms with Gasteiger partial charge in [0.15, 0.2) is 17.5 Å². The lowest BCUT2D eigenvalue weighted by molar-refractivity contribution is 0.448. The first-order valence-electron chi connectivity index (χ1n) is 6.71. The Morgan fingerprint density at radius 1 is 1.05 bits per heavy atom. The van der Waals surface area contributed by atoms with E-state index in [0.717, 1.165) is 17.7 Å². The van der Waals surface area contributed by atoms with Crippen LogP contribution in [-0.2, 0) is 6.54 Å². The van der Waals surface area contributed by atoms with Crippen molar-refractivity contribution in [2.24, 2.45) is 0 Å². The van der Waals surface area contributed by atoms with Gasteiger partial charge in [-0.2, -0.15) is 0 Å². The molecule has 1 fully saturated rings. The van der Waals surface area contributed by atoms with Gasteiger partial charge in [0.2, 0.25) is 0 Å². The van der Waals surface area contributed by atoms with Crippen molar-refractivity contribution in [2.75, 3.05) is 0 Å². The Balaban J connectivity index is 1.87. The minimum Gasteiger partial charge on any atom is -0.310 e. The van der Waals surface area contributed by atoms with Crippen LogP contribution >= 0.6 is 11.6 Å². The molecular weight excluding hydrogens is 299 g/mol. The number of hydrogen-bond donors (Lipinski definition) is 1. The molecule has 0 atom stereocenters. The number of hydrogen-bond acceptors (Lipinski definition) is 1. The van der Waals surface area contributed by atoms with Crippen LogP contribution in [0.5, 0.6) is 0 Å². The van der Waals surface area contributed by atoms with Crippen LogP contribution in [0.2, 0.25) is 5.02 Å². The Kier molecular flexibility index (Phi) is 3.91. The van der Waals surface area contributed by atoms with Crippen LogP contribution in [0.3, 0.4) is 0 Å². The molecule has 0 heterocycles. The minimum atomic E-state index is -1.47. The maximum absolute atomic E-state index is 13.3. The molecule has 1 aliphatic carbocycles. The minimum absolute atomic E-state index is 0.220. The molecule has 1 saturated carbocycles. The van der Waals surface area contributed by atoms with Gasteiger partial charge in [0, 0.05) is 23.2 Å². The molecule has 0 amide bonds. The van der Waals surface area contributed by atoms with E-state index in [4.69, 9.17) is 11.6 Å². The molecule has 0 saturated heterocycles. The summed E-state index contributed by atoms with van der Waals surface area (Å²) in [5.41, 5.74) is 1.70. The average molecular weight is 312 g/mol. The predicted octanol–water partition coefficient (Wildman–Crippen LogP) is 4.68. The van der Waals surface area contributed by atoms with Crippen molar-refractivity contribution in [3.05, 3.63) is 58.4 Å². The molecule has 0 spiro atoms. The quantitative estimate of drug-likeness (QED) is 0.809. The van der Waals surface area contributed by atoms with Gasteiger partial charge in [-0.1, -0.05) is 23.7 Å². The van der Waals surface area contributed by atoms with Gasteiger partial charge in [-0.3, -0.25) is 0 Å². The molecule has 1 N–H and O–H groups in total. The molecule has 2 aromatic carbocycles. The Hall–Kier alpha value is -1.52. The Morgan fingerprint density at radius 3 is 2.29 bits per heavy atom. The molecule has 0 radical (unpaired) electrons. The van der Waals surface area contributed by atoms with Crippen LogP contribution in [0.25, 0.3) is 11.1 Å². The van der Waals surface area contributed by atoms with E-state index < -0.39 is 17.5 Å². The number of rotatable bonds is 4. The summed E-state index contributed by atoms with van der Waals surface area (Å²) in [6, 6.07) is 7.77. The van der Waals surface area contributed by atoms with Crippen molar-refractivity contribution >= 4 is 11.6 Å². The van der Waals surface area contributed by atoms with E-state index in [1.165, 1.54) is 12.8 Å². The second kappa shape index (κ2) is 5.70. The highest BCUT2D eigenvalue weighted by atomic mass is 35.5. The first-order chi connectivity index (χ1) is 10.0. The molecule has 1 nitrogen and oxygen atoms in total. The monoisotopic (exact) mass is 311 g/mol. The third kappa shape index (κ3) is 3.22. The first kappa shape index (κ1) is 14.4. The third-order valence-corrected chi connectivity index (χ3v) is 3.81. The van der Waals surface area contributed by atoms with Gasteiger partial charge in [0.1, 0.15) is 0 Å². The molecule has 0 unspecified atom stereocenters. The molecule has 21 heavy (non-hydrogen) atoms. The summed E-state index contributed by atoms with van der Waals surface area (Å²) in [6.45, 7) is 0.705. The van der Waals surface area contributed by atoms with Crippen LogP contribution in [-0.4, -0.2) is 6.04 Å². The van der Waals surface area contributed by atoms with E-state index in [1.54, 1.807) is 12.1 Å². The van der Waals surface area contributed by atoms with E-state index >= 15 is 0 Å². The normalized spacial score (nSPS) is 14.5. The number of benzene rings is 2. The molecule has 3 rings (SSSR count). The van der Waals surface area contributed by atoms with Gasteiger partial charge in [0.05, 0.1) is 0 Å². The molecule has 2 aromatic rings. The lowest BCUT2D eigenvalue weighted by Gasteiger charge is -2.09. The molecule has 0 aromatic heterocycles. The molecular formula is C16H13ClF3N. The third-order valence-electron chi connectivity index (χ3n) is 3.50. The Labute approximate surface area is 125 Å². The zero-order valence-corrected chi connectivity index (χ0v) is 11.9. The summed E-state index contributed by atoms with van der Waals surface area (Å²) >= 11 is 6.17. The summed E-state index contributed by atoms with van der Waals surface area (Å²) in [4.78, 5) is 0. The first-order valence-corrected chi connectivity index (χ1v) is 7.09. The van der Waals surface area contributed by atoms with E-state index in [1.807, 2.05) is 6.07 Å². The summed E-state index contributed by atoms with van der Waals surface area (Å²) in [7, 11) is 0. The van der Waals surface area contributed by atoms with Gasteiger partial charge < -0.3 is 5.32 Å². The predicted molar refractivity (Wildman–Crippen MR) is 76.6 cm³/mol. The van der Waals surface area contributed by atoms with Gasteiger partial charge in [-0.25, -0.2) is 13.2 Å². The van der Waals surface area contributed by atoms with Crippen LogP contribution < -0.4 is 5.32 Å². The van der Waals surface area contributed by atoms with Crippen LogP contribution in [0, 0.1) is 17.5 Å². The SMILES string of the molecule is Fc1cc(-c2ccc(CNC3CC3)cc2Cl)cc(F)c1F. The fourth-order valence-corrected chi connectivity index (χ4v) is 2.48. The summed E-state index contributed by atoms with van der Waals surface area (Å²) in [5.74, 6) is -3.92. The molecule has 5 heteroatoms. The van der Waals surface area contributed by atoms with Gasteiger partial charge >= 0.3 is 0 Å². The lowest BCUT2D eigenvalue weighted by atomic mass is 10.0. The molecule has 0 aliphatic heterocycles. The van der Waals surface area contributed by atoms with E-state index in [0.29, 0.717) is 23.2 Å². The fourth-order valence-electron chi connectivity index (χ4n) is 2.16. The highest BCUT2D eigenvalue weighted by Crippen LogP contribution is 2.31. The average Bonchev–Trinajstić information content (AvgIpc) is 3.26. The fraction of sp³-hybridized carbons (Fsp3) is 0.250. The molecule has 0 bridgehead atoms. The highest BCUT2D eigenvalue weighted by molar-refractivity contribution is 6.33. The number of nitrogens with one attached hydrogen (secondary N) is 1. The second-order valence-corrected chi connectivity index (χ2v) is 5.63. The summed E-state index contributed by atoms with van der Waals surface area (Å²) in [5, 5.41) is 3.74. The standard InChI is InChI=1S/C16H13ClF3N/c17-13-5-9(8-21-11-2-3-11)1-4-12(13)10-6-14(18)16(20)15(19)7-10/h1,4-7,11,21H,2-3,8H2. The lowest BCUT2D eigenvalue weighted by Crippen LogP contribution is -2.15. The number of halogens is 4. The van der Waals surface area contributed by atoms with Crippen molar-refractivity contribution in [3.8, 4) is 11.1 Å². The van der Waals surface area contributed by atoms with Gasteiger partial charge in [-0.15, -0.1) is 0 Å². The van der Waals surface area contributed by atoms with E-state index in [-0.39, 0.29) is 5.56 Å². The largest absolute Gasteiger partial charge is 0.310 e. The van der Waals surface area contributed by atoms with Crippen molar-refractivity contribution in [3.63, 3.8) is 0 Å². The van der Waals surface area contributed by atoms with Gasteiger partial charge in [-0.05, 0) is 42.2 Å². The van der Waals surface area contributed by atoms with Crippen molar-refractivity contribution in [2.45, 2.75) is 25.4 Å². The highest BCUT2D eigenvalue weighted by Gasteiger charge is 2.20. The Bertz CT molecular complexity index is 660. The van der Waals surface area contributed by atoms with Crippen LogP contribution in [0.4, 0.5) is 13.2 Å². The van der Waals surface area contributed by atoms with E-state index in [9.17, 15) is 13.2 Å². The van der Waals surface area contributed by atoms with Crippen molar-refractivity contribution in [1.29, 1.82) is 0 Å². The van der Waals surface area contributed by atoms with E-state index in [2.05, 4.69) is 5.32 Å². The topological polar surface area (TPSA) is 12.0 Å². The van der Waals surface area contributed by atoms with Crippen molar-refractivity contribution < 1.29 is 13.2 Å². The zero-order chi connectivity index (χ0) is 15.0. The molecule has 110 valence electrons. The summed E-state index contributed by atoms with van der Waals surface area (Å²) < 4.78 is 39.6. The summed E-state index contributed by atoms with van der Waals surface area (Å²) in [6.07, 6.45) is 2.39. The molecule has 1 aliphatic rings. The zero-order valence-electron chi connectivity index (χ0n) is 11.1.